The average Bonchev–Trinajstić information content (AvgIpc) is 3.13. The molecular weight excluding hydrogens is 314 g/mol. The maximum Gasteiger partial charge on any atom is 0.247 e. The normalized spacial score (nSPS) is 12.3. The summed E-state index contributed by atoms with van der Waals surface area (Å²) in [6.07, 6.45) is 0. The molecule has 0 saturated heterocycles. The maximum absolute atomic E-state index is 5.83. The van der Waals surface area contributed by atoms with Gasteiger partial charge in [0.05, 0.1) is 6.04 Å². The van der Waals surface area contributed by atoms with E-state index in [0.717, 1.165) is 17.9 Å². The number of nitrogens with zero attached hydrogens (tertiary/aromatic N) is 3. The molecule has 0 aliphatic carbocycles. The maximum atomic E-state index is 5.83. The first kappa shape index (κ1) is 17.2. The van der Waals surface area contributed by atoms with Crippen LogP contribution in [0.25, 0.3) is 11.5 Å². The molecule has 0 spiro atoms. The van der Waals surface area contributed by atoms with Gasteiger partial charge in [0.25, 0.3) is 0 Å². The number of hydrogen-bond donors (Lipinski definition) is 0. The predicted molar refractivity (Wildman–Crippen MR) is 97.5 cm³/mol. The van der Waals surface area contributed by atoms with Crippen molar-refractivity contribution in [3.05, 3.63) is 66.1 Å². The summed E-state index contributed by atoms with van der Waals surface area (Å²) in [6, 6.07) is 17.9. The number of likely N-dealkylation sites (N-methyl/N-ethyl adjacent to an activating group) is 1. The highest BCUT2D eigenvalue weighted by atomic mass is 16.5. The van der Waals surface area contributed by atoms with Crippen LogP contribution >= 0.6 is 0 Å². The Morgan fingerprint density at radius 2 is 1.76 bits per heavy atom. The van der Waals surface area contributed by atoms with Crippen molar-refractivity contribution >= 4 is 0 Å². The van der Waals surface area contributed by atoms with Crippen molar-refractivity contribution in [2.75, 3.05) is 20.2 Å². The highest BCUT2D eigenvalue weighted by Crippen LogP contribution is 2.22. The molecule has 0 aliphatic heterocycles. The van der Waals surface area contributed by atoms with Crippen LogP contribution in [0.1, 0.15) is 24.4 Å². The van der Waals surface area contributed by atoms with Gasteiger partial charge >= 0.3 is 0 Å². The van der Waals surface area contributed by atoms with Crippen molar-refractivity contribution < 1.29 is 9.15 Å². The summed E-state index contributed by atoms with van der Waals surface area (Å²) < 4.78 is 11.6. The summed E-state index contributed by atoms with van der Waals surface area (Å²) in [5, 5.41) is 8.34. The van der Waals surface area contributed by atoms with E-state index in [9.17, 15) is 0 Å². The molecule has 0 N–H and O–H groups in total. The zero-order valence-corrected chi connectivity index (χ0v) is 14.8. The molecule has 0 radical (unpaired) electrons. The van der Waals surface area contributed by atoms with Crippen LogP contribution in [-0.2, 0) is 0 Å². The third-order valence-electron chi connectivity index (χ3n) is 4.21. The van der Waals surface area contributed by atoms with Crippen LogP contribution in [0, 0.1) is 6.92 Å². The average molecular weight is 337 g/mol. The Morgan fingerprint density at radius 3 is 2.48 bits per heavy atom. The smallest absolute Gasteiger partial charge is 0.247 e. The van der Waals surface area contributed by atoms with E-state index < -0.39 is 0 Å². The van der Waals surface area contributed by atoms with Gasteiger partial charge in [0, 0.05) is 12.1 Å². The summed E-state index contributed by atoms with van der Waals surface area (Å²) in [5.74, 6) is 2.04. The van der Waals surface area contributed by atoms with Crippen molar-refractivity contribution in [2.45, 2.75) is 19.9 Å². The SMILES string of the molecule is Cc1ccc(OCCN(C)C(C)c2nnc(-c3ccccc3)o2)cc1. The number of rotatable bonds is 7. The van der Waals surface area contributed by atoms with Crippen LogP contribution in [-0.4, -0.2) is 35.3 Å². The van der Waals surface area contributed by atoms with Gasteiger partial charge < -0.3 is 9.15 Å². The second kappa shape index (κ2) is 7.94. The number of benzene rings is 2. The van der Waals surface area contributed by atoms with Crippen molar-refractivity contribution in [3.63, 3.8) is 0 Å². The summed E-state index contributed by atoms with van der Waals surface area (Å²) in [6.45, 7) is 5.48. The first-order valence-electron chi connectivity index (χ1n) is 8.42. The zero-order chi connectivity index (χ0) is 17.6. The van der Waals surface area contributed by atoms with E-state index in [4.69, 9.17) is 9.15 Å². The lowest BCUT2D eigenvalue weighted by Crippen LogP contribution is -2.27. The van der Waals surface area contributed by atoms with Gasteiger partial charge in [-0.15, -0.1) is 10.2 Å². The summed E-state index contributed by atoms with van der Waals surface area (Å²) in [4.78, 5) is 2.14. The molecule has 1 aromatic heterocycles. The third kappa shape index (κ3) is 4.45. The van der Waals surface area contributed by atoms with Crippen LogP contribution in [0.5, 0.6) is 5.75 Å². The molecule has 5 heteroatoms. The van der Waals surface area contributed by atoms with E-state index >= 15 is 0 Å². The minimum Gasteiger partial charge on any atom is -0.492 e. The Bertz CT molecular complexity index is 784. The van der Waals surface area contributed by atoms with Gasteiger partial charge in [0.2, 0.25) is 11.8 Å². The quantitative estimate of drug-likeness (QED) is 0.649. The molecule has 0 amide bonds. The Balaban J connectivity index is 1.54. The molecule has 1 heterocycles. The lowest BCUT2D eigenvalue weighted by molar-refractivity contribution is 0.182. The Hall–Kier alpha value is -2.66. The lowest BCUT2D eigenvalue weighted by Gasteiger charge is -2.21. The highest BCUT2D eigenvalue weighted by Gasteiger charge is 2.19. The lowest BCUT2D eigenvalue weighted by atomic mass is 10.2. The Morgan fingerprint density at radius 1 is 1.04 bits per heavy atom. The fraction of sp³-hybridized carbons (Fsp3) is 0.300. The first-order chi connectivity index (χ1) is 12.1. The second-order valence-electron chi connectivity index (χ2n) is 6.13. The number of aryl methyl sites for hydroxylation is 1. The van der Waals surface area contributed by atoms with E-state index in [1.54, 1.807) is 0 Å². The molecule has 0 fully saturated rings. The predicted octanol–water partition coefficient (Wildman–Crippen LogP) is 4.12. The van der Waals surface area contributed by atoms with Gasteiger partial charge in [-0.25, -0.2) is 0 Å². The molecule has 1 atom stereocenters. The van der Waals surface area contributed by atoms with Crippen molar-refractivity contribution in [2.24, 2.45) is 0 Å². The summed E-state index contributed by atoms with van der Waals surface area (Å²) in [5.41, 5.74) is 2.16. The standard InChI is InChI=1S/C20H23N3O2/c1-15-9-11-18(12-10-15)24-14-13-23(3)16(2)19-21-22-20(25-19)17-7-5-4-6-8-17/h4-12,16H,13-14H2,1-3H3. The van der Waals surface area contributed by atoms with Crippen molar-refractivity contribution in [1.82, 2.24) is 15.1 Å². The molecule has 0 bridgehead atoms. The number of aromatic nitrogens is 2. The molecule has 5 nitrogen and oxygen atoms in total. The first-order valence-corrected chi connectivity index (χ1v) is 8.42. The zero-order valence-electron chi connectivity index (χ0n) is 14.8. The van der Waals surface area contributed by atoms with Gasteiger partial charge in [-0.3, -0.25) is 4.90 Å². The topological polar surface area (TPSA) is 51.4 Å². The summed E-state index contributed by atoms with van der Waals surface area (Å²) >= 11 is 0. The van der Waals surface area contributed by atoms with Gasteiger partial charge in [0.1, 0.15) is 12.4 Å². The molecule has 0 saturated carbocycles. The van der Waals surface area contributed by atoms with Gasteiger partial charge in [0.15, 0.2) is 0 Å². The second-order valence-corrected chi connectivity index (χ2v) is 6.13. The Labute approximate surface area is 148 Å². The molecule has 1 unspecified atom stereocenters. The third-order valence-corrected chi connectivity index (χ3v) is 4.21. The van der Waals surface area contributed by atoms with Crippen LogP contribution in [0.15, 0.2) is 59.0 Å². The Kier molecular flexibility index (Phi) is 5.46. The van der Waals surface area contributed by atoms with Crippen LogP contribution in [0.3, 0.4) is 0 Å². The van der Waals surface area contributed by atoms with Crippen molar-refractivity contribution in [3.8, 4) is 17.2 Å². The number of hydrogen-bond acceptors (Lipinski definition) is 5. The van der Waals surface area contributed by atoms with Gasteiger partial charge in [-0.05, 0) is 45.2 Å². The van der Waals surface area contributed by atoms with E-state index in [1.807, 2.05) is 68.6 Å². The fourth-order valence-corrected chi connectivity index (χ4v) is 2.42. The molecule has 130 valence electrons. The highest BCUT2D eigenvalue weighted by molar-refractivity contribution is 5.51. The molecule has 25 heavy (non-hydrogen) atoms. The van der Waals surface area contributed by atoms with Crippen LogP contribution in [0.2, 0.25) is 0 Å². The van der Waals surface area contributed by atoms with Gasteiger partial charge in [-0.2, -0.15) is 0 Å². The van der Waals surface area contributed by atoms with E-state index in [1.165, 1.54) is 5.56 Å². The molecule has 3 rings (SSSR count). The van der Waals surface area contributed by atoms with Crippen LogP contribution in [0.4, 0.5) is 0 Å². The van der Waals surface area contributed by atoms with E-state index in [2.05, 4.69) is 22.0 Å². The number of ether oxygens (including phenoxy) is 1. The fourth-order valence-electron chi connectivity index (χ4n) is 2.42. The molecular formula is C20H23N3O2. The molecule has 0 aliphatic rings. The van der Waals surface area contributed by atoms with Crippen LogP contribution < -0.4 is 4.74 Å². The molecule has 3 aromatic rings. The summed E-state index contributed by atoms with van der Waals surface area (Å²) in [7, 11) is 2.02. The van der Waals surface area contributed by atoms with E-state index in [-0.39, 0.29) is 6.04 Å². The van der Waals surface area contributed by atoms with Gasteiger partial charge in [-0.1, -0.05) is 35.9 Å². The van der Waals surface area contributed by atoms with E-state index in [0.29, 0.717) is 18.4 Å². The molecule has 2 aromatic carbocycles. The largest absolute Gasteiger partial charge is 0.492 e. The van der Waals surface area contributed by atoms with Crippen molar-refractivity contribution in [1.29, 1.82) is 0 Å². The minimum atomic E-state index is 0.0200. The monoisotopic (exact) mass is 337 g/mol. The minimum absolute atomic E-state index is 0.0200.